The van der Waals surface area contributed by atoms with Crippen molar-refractivity contribution in [3.05, 3.63) is 24.3 Å². The van der Waals surface area contributed by atoms with E-state index in [1.165, 1.54) is 0 Å². The van der Waals surface area contributed by atoms with Crippen LogP contribution in [0.25, 0.3) is 0 Å². The van der Waals surface area contributed by atoms with Crippen LogP contribution in [0.1, 0.15) is 66.1 Å². The molecule has 5 N–H and O–H groups in total. The van der Waals surface area contributed by atoms with E-state index in [1.54, 1.807) is 6.08 Å². The molecule has 0 aliphatic heterocycles. The van der Waals surface area contributed by atoms with Gasteiger partial charge in [-0.05, 0) is 44.6 Å². The molecular weight excluding hydrogens is 302 g/mol. The van der Waals surface area contributed by atoms with Gasteiger partial charge in [0.1, 0.15) is 0 Å². The number of allylic oxidation sites excluding steroid dienone is 2. The molecule has 4 nitrogen and oxygen atoms in total. The second kappa shape index (κ2) is 12.6. The molecule has 0 aromatic rings. The summed E-state index contributed by atoms with van der Waals surface area (Å²) < 4.78 is 0. The van der Waals surface area contributed by atoms with Crippen LogP contribution in [0, 0.1) is 11.8 Å². The maximum atomic E-state index is 10.2. The van der Waals surface area contributed by atoms with Gasteiger partial charge in [0.05, 0.1) is 18.3 Å². The average Bonchev–Trinajstić information content (AvgIpc) is 2.82. The van der Waals surface area contributed by atoms with Gasteiger partial charge in [-0.15, -0.1) is 0 Å². The van der Waals surface area contributed by atoms with Crippen LogP contribution >= 0.6 is 0 Å². The quantitative estimate of drug-likeness (QED) is 0.325. The number of hydrogen-bond donors (Lipinski definition) is 4. The minimum Gasteiger partial charge on any atom is -0.393 e. The summed E-state index contributed by atoms with van der Waals surface area (Å²) in [5.41, 5.74) is 5.48. The van der Waals surface area contributed by atoms with Gasteiger partial charge in [-0.3, -0.25) is 0 Å². The first-order valence-electron chi connectivity index (χ1n) is 9.67. The third-order valence-corrected chi connectivity index (χ3v) is 4.97. The van der Waals surface area contributed by atoms with E-state index in [1.807, 2.05) is 6.08 Å². The van der Waals surface area contributed by atoms with Crippen molar-refractivity contribution >= 4 is 0 Å². The Labute approximate surface area is 148 Å². The number of unbranched alkanes of at least 4 members (excludes halogenated alkanes) is 4. The predicted octanol–water partition coefficient (Wildman–Crippen LogP) is 3.03. The van der Waals surface area contributed by atoms with Gasteiger partial charge >= 0.3 is 1.43 Å². The highest BCUT2D eigenvalue weighted by Crippen LogP contribution is 2.36. The smallest absolute Gasteiger partial charge is 0.393 e. The van der Waals surface area contributed by atoms with E-state index in [0.29, 0.717) is 6.42 Å². The second-order valence-electron chi connectivity index (χ2n) is 7.05. The average molecular weight is 341 g/mol. The minimum absolute atomic E-state index is 0. The molecule has 0 radical (unpaired) electrons. The summed E-state index contributed by atoms with van der Waals surface area (Å²) in [4.78, 5) is 0. The third-order valence-electron chi connectivity index (χ3n) is 4.97. The normalized spacial score (nSPS) is 29.0. The first-order chi connectivity index (χ1) is 11.6. The fraction of sp³-hybridized carbons (Fsp3) is 0.800. The number of nitrogens with two attached hydrogens (primary N) is 1. The van der Waals surface area contributed by atoms with Gasteiger partial charge in [-0.1, -0.05) is 50.5 Å². The lowest BCUT2D eigenvalue weighted by Crippen LogP contribution is -2.20. The fourth-order valence-corrected chi connectivity index (χ4v) is 3.44. The monoisotopic (exact) mass is 340 g/mol. The standard InChI is InChI=1S/C20H37NO3/c1-2-3-7-10-16(22)12-13-18-17(19(23)15-20(18)24)11-8-5-4-6-9-14-21/h5,8,12-13,16-20,22-24H,2-4,6-7,9-11,14-15,21H2,1H3/p+1/b8-5-,13-12+/t16-,17+,18+,19-,20+/m0/s1. The SMILES string of the molecule is CCCCC[C@H](O)/C=C/[C@@H]1[C@@H](C/C=C\CCCCN)[C@@H](O)C[C@H]1O.[H+]. The highest BCUT2D eigenvalue weighted by Gasteiger charge is 2.39. The molecule has 1 rings (SSSR count). The Kier molecular flexibility index (Phi) is 11.3. The molecule has 5 atom stereocenters. The maximum Gasteiger partial charge on any atom is 1.00 e. The Balaban J connectivity index is 0.00000576. The van der Waals surface area contributed by atoms with E-state index < -0.39 is 18.3 Å². The zero-order valence-corrected chi connectivity index (χ0v) is 15.2. The summed E-state index contributed by atoms with van der Waals surface area (Å²) in [7, 11) is 0. The highest BCUT2D eigenvalue weighted by atomic mass is 16.3. The lowest BCUT2D eigenvalue weighted by molar-refractivity contribution is 0.120. The van der Waals surface area contributed by atoms with Crippen LogP contribution in [0.4, 0.5) is 0 Å². The number of rotatable bonds is 12. The zero-order chi connectivity index (χ0) is 17.8. The van der Waals surface area contributed by atoms with Gasteiger partial charge in [-0.2, -0.15) is 0 Å². The largest absolute Gasteiger partial charge is 1.00 e. The van der Waals surface area contributed by atoms with Crippen LogP contribution in [-0.4, -0.2) is 40.2 Å². The van der Waals surface area contributed by atoms with Gasteiger partial charge in [0, 0.05) is 12.3 Å². The minimum atomic E-state index is -0.519. The van der Waals surface area contributed by atoms with E-state index in [2.05, 4.69) is 19.1 Å². The summed E-state index contributed by atoms with van der Waals surface area (Å²) in [6.07, 6.45) is 14.9. The van der Waals surface area contributed by atoms with Gasteiger partial charge in [0.25, 0.3) is 0 Å². The van der Waals surface area contributed by atoms with Crippen molar-refractivity contribution in [3.8, 4) is 0 Å². The van der Waals surface area contributed by atoms with E-state index >= 15 is 0 Å². The topological polar surface area (TPSA) is 86.7 Å². The highest BCUT2D eigenvalue weighted by molar-refractivity contribution is 5.06. The molecule has 1 aliphatic carbocycles. The Morgan fingerprint density at radius 1 is 1.12 bits per heavy atom. The van der Waals surface area contributed by atoms with Gasteiger partial charge < -0.3 is 21.1 Å². The fourth-order valence-electron chi connectivity index (χ4n) is 3.44. The van der Waals surface area contributed by atoms with Crippen LogP contribution in [0.15, 0.2) is 24.3 Å². The Morgan fingerprint density at radius 2 is 1.92 bits per heavy atom. The molecule has 1 saturated carbocycles. The van der Waals surface area contributed by atoms with Crippen LogP contribution in [-0.2, 0) is 0 Å². The Morgan fingerprint density at radius 3 is 2.62 bits per heavy atom. The Hall–Kier alpha value is -0.680. The van der Waals surface area contributed by atoms with Gasteiger partial charge in [-0.25, -0.2) is 0 Å². The van der Waals surface area contributed by atoms with Crippen molar-refractivity contribution in [2.75, 3.05) is 6.54 Å². The molecule has 0 aromatic carbocycles. The molecule has 4 heteroatoms. The molecule has 0 spiro atoms. The molecule has 0 saturated heterocycles. The molecule has 0 amide bonds. The van der Waals surface area contributed by atoms with Crippen molar-refractivity contribution in [2.24, 2.45) is 17.6 Å². The molecule has 1 fully saturated rings. The second-order valence-corrected chi connectivity index (χ2v) is 7.05. The molecule has 0 bridgehead atoms. The first kappa shape index (κ1) is 21.4. The first-order valence-corrected chi connectivity index (χ1v) is 9.67. The summed E-state index contributed by atoms with van der Waals surface area (Å²) >= 11 is 0. The molecule has 0 heterocycles. The molecule has 0 unspecified atom stereocenters. The van der Waals surface area contributed by atoms with E-state index in [0.717, 1.165) is 57.9 Å². The zero-order valence-electron chi connectivity index (χ0n) is 16.2. The summed E-state index contributed by atoms with van der Waals surface area (Å²) in [5.74, 6) is -0.0423. The van der Waals surface area contributed by atoms with Crippen LogP contribution in [0.3, 0.4) is 0 Å². The number of aliphatic hydroxyl groups excluding tert-OH is 3. The summed E-state index contributed by atoms with van der Waals surface area (Å²) in [6, 6.07) is 0. The van der Waals surface area contributed by atoms with E-state index in [-0.39, 0.29) is 13.3 Å². The predicted molar refractivity (Wildman–Crippen MR) is 101 cm³/mol. The third kappa shape index (κ3) is 7.93. The van der Waals surface area contributed by atoms with Crippen LogP contribution in [0.5, 0.6) is 0 Å². The van der Waals surface area contributed by atoms with Crippen molar-refractivity contribution in [3.63, 3.8) is 0 Å². The van der Waals surface area contributed by atoms with Crippen molar-refractivity contribution in [1.82, 2.24) is 0 Å². The lowest BCUT2D eigenvalue weighted by Gasteiger charge is -2.19. The molecule has 140 valence electrons. The van der Waals surface area contributed by atoms with E-state index in [9.17, 15) is 15.3 Å². The molecular formula is C20H38NO3+. The number of hydrogen-bond acceptors (Lipinski definition) is 4. The Bertz CT molecular complexity index is 376. The molecule has 1 aliphatic rings. The summed E-state index contributed by atoms with van der Waals surface area (Å²) in [5, 5.41) is 30.4. The molecule has 0 aromatic heterocycles. The van der Waals surface area contributed by atoms with E-state index in [4.69, 9.17) is 5.73 Å². The van der Waals surface area contributed by atoms with Crippen LogP contribution in [0.2, 0.25) is 0 Å². The summed E-state index contributed by atoms with van der Waals surface area (Å²) in [6.45, 7) is 2.88. The van der Waals surface area contributed by atoms with Crippen molar-refractivity contribution < 1.29 is 16.7 Å². The van der Waals surface area contributed by atoms with Gasteiger partial charge in [0.15, 0.2) is 0 Å². The van der Waals surface area contributed by atoms with Crippen LogP contribution < -0.4 is 5.73 Å². The van der Waals surface area contributed by atoms with Crippen molar-refractivity contribution in [2.45, 2.75) is 83.0 Å². The number of aliphatic hydroxyl groups is 3. The molecule has 24 heavy (non-hydrogen) atoms. The van der Waals surface area contributed by atoms with Crippen molar-refractivity contribution in [1.29, 1.82) is 0 Å². The van der Waals surface area contributed by atoms with Gasteiger partial charge in [0.2, 0.25) is 0 Å². The maximum absolute atomic E-state index is 10.2. The lowest BCUT2D eigenvalue weighted by atomic mass is 9.89.